The van der Waals surface area contributed by atoms with Crippen LogP contribution in [0.15, 0.2) is 163 Å². The number of hydrogen-bond acceptors (Lipinski definition) is 4. The minimum atomic E-state index is 0.528. The van der Waals surface area contributed by atoms with Gasteiger partial charge in [-0.3, -0.25) is 0 Å². The van der Waals surface area contributed by atoms with Crippen molar-refractivity contribution in [2.24, 2.45) is 0 Å². The van der Waals surface area contributed by atoms with E-state index in [2.05, 4.69) is 96.6 Å². The third kappa shape index (κ3) is 4.37. The summed E-state index contributed by atoms with van der Waals surface area (Å²) in [5.41, 5.74) is 7.42. The molecule has 226 valence electrons. The van der Waals surface area contributed by atoms with Crippen molar-refractivity contribution in [2.75, 3.05) is 0 Å². The summed E-state index contributed by atoms with van der Waals surface area (Å²) in [4.78, 5) is 14.8. The van der Waals surface area contributed by atoms with Gasteiger partial charge in [0.1, 0.15) is 11.2 Å². The quantitative estimate of drug-likeness (QED) is 0.174. The van der Waals surface area contributed by atoms with E-state index >= 15 is 0 Å². The summed E-state index contributed by atoms with van der Waals surface area (Å²) < 4.78 is 8.91. The minimum Gasteiger partial charge on any atom is -0.456 e. The number of rotatable bonds is 6. The second-order valence-corrected chi connectivity index (χ2v) is 11.8. The summed E-state index contributed by atoms with van der Waals surface area (Å²) in [6.45, 7) is 7.86. The molecule has 9 aromatic rings. The first-order valence-corrected chi connectivity index (χ1v) is 15.9. The molecule has 0 amide bonds. The number of allylic oxidation sites excluding steroid dienone is 4. The van der Waals surface area contributed by atoms with Gasteiger partial charge in [-0.15, -0.1) is 0 Å². The number of nitrogens with zero attached hydrogens (tertiary/aromatic N) is 4. The fourth-order valence-electron chi connectivity index (χ4n) is 6.78. The zero-order chi connectivity index (χ0) is 32.2. The van der Waals surface area contributed by atoms with Crippen LogP contribution in [0.4, 0.5) is 0 Å². The standard InChI is InChI=1S/C43H28N4O/c1-3-13-27(4-2)41-44-42(28-14-6-5-7-15-28)46-43(45-41)34-19-12-21-38-40(34)33-23-22-31(26-39(33)48-38)47-36-20-11-10-18-32(36)35-24-29-16-8-9-17-30(29)25-37(35)47/h3-26H,1-2H2/b27-13+. The van der Waals surface area contributed by atoms with Crippen molar-refractivity contribution < 1.29 is 4.42 Å². The average molecular weight is 617 g/mol. The van der Waals surface area contributed by atoms with Crippen LogP contribution < -0.4 is 0 Å². The Hall–Kier alpha value is -6.59. The first-order chi connectivity index (χ1) is 23.7. The smallest absolute Gasteiger partial charge is 0.164 e. The minimum absolute atomic E-state index is 0.528. The Morgan fingerprint density at radius 1 is 0.604 bits per heavy atom. The molecular formula is C43H28N4O. The summed E-state index contributed by atoms with van der Waals surface area (Å²) >= 11 is 0. The highest BCUT2D eigenvalue weighted by Crippen LogP contribution is 2.39. The van der Waals surface area contributed by atoms with E-state index in [9.17, 15) is 0 Å². The zero-order valence-corrected chi connectivity index (χ0v) is 26.0. The van der Waals surface area contributed by atoms with Crippen molar-refractivity contribution in [3.8, 4) is 28.5 Å². The Morgan fingerprint density at radius 2 is 1.38 bits per heavy atom. The number of fused-ring (bicyclic) bond motifs is 7. The van der Waals surface area contributed by atoms with Crippen molar-refractivity contribution in [3.05, 3.63) is 165 Å². The van der Waals surface area contributed by atoms with E-state index < -0.39 is 0 Å². The molecule has 0 spiro atoms. The van der Waals surface area contributed by atoms with Crippen LogP contribution in [-0.2, 0) is 0 Å². The normalized spacial score (nSPS) is 12.0. The number of aromatic nitrogens is 4. The van der Waals surface area contributed by atoms with Gasteiger partial charge in [0.2, 0.25) is 0 Å². The molecule has 0 saturated carbocycles. The van der Waals surface area contributed by atoms with Crippen LogP contribution in [-0.4, -0.2) is 19.5 Å². The van der Waals surface area contributed by atoms with Crippen LogP contribution in [0, 0.1) is 0 Å². The highest BCUT2D eigenvalue weighted by atomic mass is 16.3. The van der Waals surface area contributed by atoms with E-state index in [0.29, 0.717) is 17.5 Å². The van der Waals surface area contributed by atoms with Crippen LogP contribution >= 0.6 is 0 Å². The lowest BCUT2D eigenvalue weighted by atomic mass is 10.0. The fraction of sp³-hybridized carbons (Fsp3) is 0. The Kier molecular flexibility index (Phi) is 6.37. The van der Waals surface area contributed by atoms with Gasteiger partial charge >= 0.3 is 0 Å². The zero-order valence-electron chi connectivity index (χ0n) is 26.0. The molecular weight excluding hydrogens is 589 g/mol. The van der Waals surface area contributed by atoms with Gasteiger partial charge in [-0.1, -0.05) is 116 Å². The van der Waals surface area contributed by atoms with Crippen LogP contribution in [0.25, 0.3) is 88.6 Å². The SMILES string of the molecule is C=C/C=C(\C=C)c1nc(-c2ccccc2)nc(-c2cccc3oc4cc(-n5c6ccccc6c6cc7ccccc7cc65)ccc4c23)n1. The first-order valence-electron chi connectivity index (χ1n) is 15.9. The molecule has 0 aliphatic heterocycles. The van der Waals surface area contributed by atoms with Crippen molar-refractivity contribution >= 4 is 60.1 Å². The van der Waals surface area contributed by atoms with Gasteiger partial charge < -0.3 is 8.98 Å². The predicted molar refractivity (Wildman–Crippen MR) is 198 cm³/mol. The maximum atomic E-state index is 6.57. The van der Waals surface area contributed by atoms with E-state index in [1.165, 1.54) is 21.5 Å². The van der Waals surface area contributed by atoms with Crippen molar-refractivity contribution in [1.82, 2.24) is 19.5 Å². The summed E-state index contributed by atoms with van der Waals surface area (Å²) in [6.07, 6.45) is 5.31. The predicted octanol–water partition coefficient (Wildman–Crippen LogP) is 11.1. The maximum Gasteiger partial charge on any atom is 0.164 e. The molecule has 0 aliphatic rings. The van der Waals surface area contributed by atoms with Crippen molar-refractivity contribution in [2.45, 2.75) is 0 Å². The molecule has 9 rings (SSSR count). The molecule has 5 heteroatoms. The Balaban J connectivity index is 1.27. The van der Waals surface area contributed by atoms with E-state index in [0.717, 1.165) is 55.4 Å². The second-order valence-electron chi connectivity index (χ2n) is 11.8. The van der Waals surface area contributed by atoms with Crippen LogP contribution in [0.2, 0.25) is 0 Å². The molecule has 0 fully saturated rings. The van der Waals surface area contributed by atoms with E-state index in [1.807, 2.05) is 54.6 Å². The largest absolute Gasteiger partial charge is 0.456 e. The molecule has 0 atom stereocenters. The number of para-hydroxylation sites is 1. The summed E-state index contributed by atoms with van der Waals surface area (Å²) in [5.74, 6) is 1.67. The lowest BCUT2D eigenvalue weighted by Crippen LogP contribution is -2.02. The maximum absolute atomic E-state index is 6.57. The molecule has 3 aromatic heterocycles. The molecule has 0 N–H and O–H groups in total. The Labute approximate surface area is 276 Å². The van der Waals surface area contributed by atoms with Gasteiger partial charge in [0.05, 0.1) is 11.0 Å². The molecule has 0 bridgehead atoms. The number of hydrogen-bond donors (Lipinski definition) is 0. The number of furan rings is 1. The van der Waals surface area contributed by atoms with Gasteiger partial charge in [-0.2, -0.15) is 0 Å². The van der Waals surface area contributed by atoms with E-state index in [4.69, 9.17) is 19.4 Å². The van der Waals surface area contributed by atoms with Crippen LogP contribution in [0.3, 0.4) is 0 Å². The Bertz CT molecular complexity index is 2770. The van der Waals surface area contributed by atoms with Gasteiger partial charge in [-0.25, -0.2) is 15.0 Å². The molecule has 5 nitrogen and oxygen atoms in total. The summed E-state index contributed by atoms with van der Waals surface area (Å²) in [7, 11) is 0. The van der Waals surface area contributed by atoms with Gasteiger partial charge in [-0.05, 0) is 47.2 Å². The number of benzene rings is 6. The molecule has 6 aromatic carbocycles. The molecule has 0 unspecified atom stereocenters. The van der Waals surface area contributed by atoms with Crippen LogP contribution in [0.5, 0.6) is 0 Å². The first kappa shape index (κ1) is 27.7. The highest BCUT2D eigenvalue weighted by Gasteiger charge is 2.19. The Morgan fingerprint density at radius 3 is 2.21 bits per heavy atom. The third-order valence-electron chi connectivity index (χ3n) is 8.96. The topological polar surface area (TPSA) is 56.7 Å². The summed E-state index contributed by atoms with van der Waals surface area (Å²) in [5, 5.41) is 6.82. The molecule has 48 heavy (non-hydrogen) atoms. The van der Waals surface area contributed by atoms with Gasteiger partial charge in [0.25, 0.3) is 0 Å². The van der Waals surface area contributed by atoms with E-state index in [-0.39, 0.29) is 0 Å². The van der Waals surface area contributed by atoms with Gasteiger partial charge in [0, 0.05) is 50.0 Å². The van der Waals surface area contributed by atoms with Crippen LogP contribution in [0.1, 0.15) is 5.82 Å². The molecule has 0 radical (unpaired) electrons. The van der Waals surface area contributed by atoms with Crippen molar-refractivity contribution in [3.63, 3.8) is 0 Å². The lowest BCUT2D eigenvalue weighted by molar-refractivity contribution is 0.668. The third-order valence-corrected chi connectivity index (χ3v) is 8.96. The highest BCUT2D eigenvalue weighted by molar-refractivity contribution is 6.15. The molecule has 0 aliphatic carbocycles. The van der Waals surface area contributed by atoms with E-state index in [1.54, 1.807) is 12.2 Å². The lowest BCUT2D eigenvalue weighted by Gasteiger charge is -2.10. The molecule has 0 saturated heterocycles. The van der Waals surface area contributed by atoms with Crippen molar-refractivity contribution in [1.29, 1.82) is 0 Å². The fourth-order valence-corrected chi connectivity index (χ4v) is 6.78. The molecule has 3 heterocycles. The second kappa shape index (κ2) is 11.0. The average Bonchev–Trinajstić information content (AvgIpc) is 3.67. The summed E-state index contributed by atoms with van der Waals surface area (Å²) in [6, 6.07) is 44.1. The van der Waals surface area contributed by atoms with Gasteiger partial charge in [0.15, 0.2) is 17.5 Å². The monoisotopic (exact) mass is 616 g/mol.